The van der Waals surface area contributed by atoms with Gasteiger partial charge in [-0.1, -0.05) is 24.3 Å². The lowest BCUT2D eigenvalue weighted by atomic mass is 10.1. The molecule has 23 heavy (non-hydrogen) atoms. The van der Waals surface area contributed by atoms with Crippen molar-refractivity contribution >= 4 is 23.0 Å². The number of aryl methyl sites for hydroxylation is 2. The molecule has 2 N–H and O–H groups in total. The van der Waals surface area contributed by atoms with Gasteiger partial charge in [0.05, 0.1) is 22.7 Å². The van der Waals surface area contributed by atoms with Gasteiger partial charge in [-0.3, -0.25) is 14.9 Å². The minimum atomic E-state index is -0.458. The van der Waals surface area contributed by atoms with Gasteiger partial charge in [-0.15, -0.1) is 0 Å². The van der Waals surface area contributed by atoms with Crippen LogP contribution in [0.3, 0.4) is 0 Å². The molecule has 0 bridgehead atoms. The first-order chi connectivity index (χ1) is 10.9. The van der Waals surface area contributed by atoms with Crippen molar-refractivity contribution in [2.24, 2.45) is 0 Å². The molecule has 0 aliphatic rings. The van der Waals surface area contributed by atoms with E-state index in [4.69, 9.17) is 0 Å². The van der Waals surface area contributed by atoms with Crippen LogP contribution in [0.15, 0.2) is 36.4 Å². The zero-order valence-corrected chi connectivity index (χ0v) is 13.3. The predicted octanol–water partition coefficient (Wildman–Crippen LogP) is 3.57. The molecule has 0 aliphatic heterocycles. The Kier molecular flexibility index (Phi) is 4.95. The highest BCUT2D eigenvalue weighted by Gasteiger charge is 2.14. The van der Waals surface area contributed by atoms with Crippen molar-refractivity contribution in [3.8, 4) is 0 Å². The number of rotatable bonds is 5. The molecular weight excluding hydrogens is 294 g/mol. The summed E-state index contributed by atoms with van der Waals surface area (Å²) in [4.78, 5) is 22.6. The molecule has 0 saturated heterocycles. The lowest BCUT2D eigenvalue weighted by Crippen LogP contribution is -2.23. The molecule has 0 unspecified atom stereocenters. The number of para-hydroxylation sites is 1. The second kappa shape index (κ2) is 6.91. The molecule has 0 aliphatic carbocycles. The minimum absolute atomic E-state index is 0.00879. The van der Waals surface area contributed by atoms with Crippen LogP contribution in [0.25, 0.3) is 0 Å². The van der Waals surface area contributed by atoms with Gasteiger partial charge in [-0.05, 0) is 38.0 Å². The van der Waals surface area contributed by atoms with Crippen LogP contribution in [0.5, 0.6) is 0 Å². The van der Waals surface area contributed by atoms with Crippen molar-refractivity contribution in [3.63, 3.8) is 0 Å². The lowest BCUT2D eigenvalue weighted by molar-refractivity contribution is -0.385. The molecular formula is C17H19N3O3. The Morgan fingerprint density at radius 3 is 2.30 bits per heavy atom. The Morgan fingerprint density at radius 1 is 1.09 bits per heavy atom. The molecule has 1 amide bonds. The maximum Gasteiger partial charge on any atom is 0.274 e. The molecule has 0 saturated carbocycles. The SMILES string of the molecule is Cc1cccc(C)c1NCC(=O)Nc1cccc([N+](=O)[O-])c1C. The van der Waals surface area contributed by atoms with Crippen LogP contribution in [0.2, 0.25) is 0 Å². The first kappa shape index (κ1) is 16.5. The summed E-state index contributed by atoms with van der Waals surface area (Å²) in [5, 5.41) is 16.7. The highest BCUT2D eigenvalue weighted by atomic mass is 16.6. The van der Waals surface area contributed by atoms with Gasteiger partial charge >= 0.3 is 0 Å². The molecule has 2 aromatic rings. The topological polar surface area (TPSA) is 84.3 Å². The average molecular weight is 313 g/mol. The van der Waals surface area contributed by atoms with Crippen LogP contribution in [-0.4, -0.2) is 17.4 Å². The largest absolute Gasteiger partial charge is 0.376 e. The van der Waals surface area contributed by atoms with Crippen molar-refractivity contribution in [1.82, 2.24) is 0 Å². The highest BCUT2D eigenvalue weighted by Crippen LogP contribution is 2.25. The predicted molar refractivity (Wildman–Crippen MR) is 90.9 cm³/mol. The third-order valence-electron chi connectivity index (χ3n) is 3.68. The van der Waals surface area contributed by atoms with E-state index in [-0.39, 0.29) is 18.1 Å². The van der Waals surface area contributed by atoms with Crippen LogP contribution in [0.1, 0.15) is 16.7 Å². The Labute approximate surface area is 134 Å². The van der Waals surface area contributed by atoms with Crippen LogP contribution in [0, 0.1) is 30.9 Å². The van der Waals surface area contributed by atoms with Crippen molar-refractivity contribution < 1.29 is 9.72 Å². The number of anilines is 2. The van der Waals surface area contributed by atoms with E-state index in [1.165, 1.54) is 6.07 Å². The summed E-state index contributed by atoms with van der Waals surface area (Å²) >= 11 is 0. The van der Waals surface area contributed by atoms with Gasteiger partial charge in [-0.2, -0.15) is 0 Å². The standard InChI is InChI=1S/C17H19N3O3/c1-11-6-4-7-12(2)17(11)18-10-16(21)19-14-8-5-9-15(13(14)3)20(22)23/h4-9,18H,10H2,1-3H3,(H,19,21). The summed E-state index contributed by atoms with van der Waals surface area (Å²) in [6, 6.07) is 10.5. The monoisotopic (exact) mass is 313 g/mol. The van der Waals surface area contributed by atoms with Crippen LogP contribution in [0.4, 0.5) is 17.1 Å². The summed E-state index contributed by atoms with van der Waals surface area (Å²) in [7, 11) is 0. The van der Waals surface area contributed by atoms with Crippen LogP contribution in [-0.2, 0) is 4.79 Å². The fourth-order valence-electron chi connectivity index (χ4n) is 2.41. The van der Waals surface area contributed by atoms with Gasteiger partial charge in [0, 0.05) is 11.8 Å². The number of nitrogens with one attached hydrogen (secondary N) is 2. The van der Waals surface area contributed by atoms with Gasteiger partial charge in [0.25, 0.3) is 5.69 Å². The first-order valence-electron chi connectivity index (χ1n) is 7.24. The van der Waals surface area contributed by atoms with Gasteiger partial charge in [0.1, 0.15) is 0 Å². The number of hydrogen-bond acceptors (Lipinski definition) is 4. The Morgan fingerprint density at radius 2 is 1.70 bits per heavy atom. The number of benzene rings is 2. The molecule has 2 rings (SSSR count). The number of hydrogen-bond donors (Lipinski definition) is 2. The number of nitrogens with zero attached hydrogens (tertiary/aromatic N) is 1. The number of nitro benzene ring substituents is 1. The maximum absolute atomic E-state index is 12.1. The van der Waals surface area contributed by atoms with Gasteiger partial charge < -0.3 is 10.6 Å². The third-order valence-corrected chi connectivity index (χ3v) is 3.68. The minimum Gasteiger partial charge on any atom is -0.376 e. The summed E-state index contributed by atoms with van der Waals surface area (Å²) < 4.78 is 0. The van der Waals surface area contributed by atoms with E-state index in [2.05, 4.69) is 10.6 Å². The molecule has 0 aromatic heterocycles. The van der Waals surface area contributed by atoms with E-state index in [0.717, 1.165) is 16.8 Å². The second-order valence-electron chi connectivity index (χ2n) is 5.38. The summed E-state index contributed by atoms with van der Waals surface area (Å²) in [5.41, 5.74) is 3.93. The normalized spacial score (nSPS) is 10.2. The van der Waals surface area contributed by atoms with Crippen molar-refractivity contribution in [3.05, 3.63) is 63.2 Å². The summed E-state index contributed by atoms with van der Waals surface area (Å²) in [6.45, 7) is 5.65. The Hall–Kier alpha value is -2.89. The van der Waals surface area contributed by atoms with E-state index in [1.54, 1.807) is 19.1 Å². The second-order valence-corrected chi connectivity index (χ2v) is 5.38. The Balaban J connectivity index is 2.06. The van der Waals surface area contributed by atoms with Gasteiger partial charge in [-0.25, -0.2) is 0 Å². The number of nitro groups is 1. The van der Waals surface area contributed by atoms with E-state index >= 15 is 0 Å². The molecule has 120 valence electrons. The number of carbonyl (C=O) groups excluding carboxylic acids is 1. The molecule has 2 aromatic carbocycles. The molecule has 6 heteroatoms. The van der Waals surface area contributed by atoms with E-state index in [0.29, 0.717) is 11.3 Å². The fraction of sp³-hybridized carbons (Fsp3) is 0.235. The van der Waals surface area contributed by atoms with Crippen molar-refractivity contribution in [2.75, 3.05) is 17.2 Å². The molecule has 0 spiro atoms. The first-order valence-corrected chi connectivity index (χ1v) is 7.24. The van der Waals surface area contributed by atoms with E-state index in [1.807, 2.05) is 32.0 Å². The van der Waals surface area contributed by atoms with Crippen molar-refractivity contribution in [2.45, 2.75) is 20.8 Å². The third kappa shape index (κ3) is 3.85. The van der Waals surface area contributed by atoms with Crippen LogP contribution < -0.4 is 10.6 Å². The highest BCUT2D eigenvalue weighted by molar-refractivity contribution is 5.95. The molecule has 0 radical (unpaired) electrons. The molecule has 0 heterocycles. The summed E-state index contributed by atoms with van der Waals surface area (Å²) in [5.74, 6) is -0.253. The summed E-state index contributed by atoms with van der Waals surface area (Å²) in [6.07, 6.45) is 0. The smallest absolute Gasteiger partial charge is 0.274 e. The zero-order chi connectivity index (χ0) is 17.0. The number of carbonyl (C=O) groups is 1. The fourth-order valence-corrected chi connectivity index (χ4v) is 2.41. The van der Waals surface area contributed by atoms with Crippen molar-refractivity contribution in [1.29, 1.82) is 0 Å². The van der Waals surface area contributed by atoms with Gasteiger partial charge in [0.15, 0.2) is 0 Å². The molecule has 6 nitrogen and oxygen atoms in total. The number of amides is 1. The maximum atomic E-state index is 12.1. The Bertz CT molecular complexity index is 736. The van der Waals surface area contributed by atoms with E-state index in [9.17, 15) is 14.9 Å². The lowest BCUT2D eigenvalue weighted by Gasteiger charge is -2.13. The average Bonchev–Trinajstić information content (AvgIpc) is 2.48. The van der Waals surface area contributed by atoms with Gasteiger partial charge in [0.2, 0.25) is 5.91 Å². The molecule has 0 fully saturated rings. The molecule has 0 atom stereocenters. The van der Waals surface area contributed by atoms with E-state index < -0.39 is 4.92 Å². The quantitative estimate of drug-likeness (QED) is 0.653. The van der Waals surface area contributed by atoms with Crippen LogP contribution >= 0.6 is 0 Å². The zero-order valence-electron chi connectivity index (χ0n) is 13.3.